The first-order valence-electron chi connectivity index (χ1n) is 5.85. The van der Waals surface area contributed by atoms with E-state index in [-0.39, 0.29) is 0 Å². The van der Waals surface area contributed by atoms with E-state index in [1.165, 1.54) is 11.1 Å². The minimum absolute atomic E-state index is 0.921. The van der Waals surface area contributed by atoms with Gasteiger partial charge in [-0.05, 0) is 19.2 Å². The number of hydrogen-bond acceptors (Lipinski definition) is 2. The van der Waals surface area contributed by atoms with E-state index in [1.807, 2.05) is 24.3 Å². The zero-order valence-electron chi connectivity index (χ0n) is 9.89. The van der Waals surface area contributed by atoms with Crippen LogP contribution in [-0.4, -0.2) is 11.9 Å². The second-order valence-corrected chi connectivity index (χ2v) is 4.49. The van der Waals surface area contributed by atoms with Crippen LogP contribution in [0.3, 0.4) is 0 Å². The van der Waals surface area contributed by atoms with Crippen LogP contribution in [0.2, 0.25) is 0 Å². The number of para-hydroxylation sites is 2. The van der Waals surface area contributed by atoms with Gasteiger partial charge in [0, 0.05) is 24.2 Å². The Balaban J connectivity index is 2.09. The monoisotopic (exact) mass is 225 g/mol. The summed E-state index contributed by atoms with van der Waals surface area (Å²) >= 11 is 0. The molecular formula is C15H15NO. The van der Waals surface area contributed by atoms with Gasteiger partial charge in [-0.3, -0.25) is 4.90 Å². The average Bonchev–Trinajstić information content (AvgIpc) is 2.31. The molecule has 2 aromatic rings. The van der Waals surface area contributed by atoms with Gasteiger partial charge in [-0.25, -0.2) is 0 Å². The summed E-state index contributed by atoms with van der Waals surface area (Å²) in [5, 5.41) is 0. The second kappa shape index (κ2) is 4.22. The van der Waals surface area contributed by atoms with E-state index in [2.05, 4.69) is 36.2 Å². The lowest BCUT2D eigenvalue weighted by Gasteiger charge is -2.24. The molecule has 0 fully saturated rings. The summed E-state index contributed by atoms with van der Waals surface area (Å²) < 4.78 is 6.00. The second-order valence-electron chi connectivity index (χ2n) is 4.49. The summed E-state index contributed by atoms with van der Waals surface area (Å²) in [4.78, 5) is 2.31. The third-order valence-corrected chi connectivity index (χ3v) is 3.05. The van der Waals surface area contributed by atoms with Crippen molar-refractivity contribution < 1.29 is 4.74 Å². The molecule has 86 valence electrons. The quantitative estimate of drug-likeness (QED) is 0.681. The molecule has 2 heteroatoms. The summed E-state index contributed by atoms with van der Waals surface area (Å²) in [5.74, 6) is 1.93. The summed E-state index contributed by atoms with van der Waals surface area (Å²) in [5.41, 5.74) is 2.48. The molecule has 1 aliphatic rings. The van der Waals surface area contributed by atoms with Gasteiger partial charge in [-0.1, -0.05) is 36.4 Å². The lowest BCUT2D eigenvalue weighted by molar-refractivity contribution is 0.298. The van der Waals surface area contributed by atoms with Gasteiger partial charge in [0.25, 0.3) is 0 Å². The van der Waals surface area contributed by atoms with E-state index in [0.717, 1.165) is 24.6 Å². The van der Waals surface area contributed by atoms with E-state index in [9.17, 15) is 0 Å². The largest absolute Gasteiger partial charge is 0.457 e. The zero-order valence-corrected chi connectivity index (χ0v) is 9.89. The van der Waals surface area contributed by atoms with Crippen molar-refractivity contribution in [3.8, 4) is 11.5 Å². The molecule has 0 aromatic heterocycles. The van der Waals surface area contributed by atoms with Gasteiger partial charge >= 0.3 is 0 Å². The Kier molecular flexibility index (Phi) is 2.57. The molecule has 17 heavy (non-hydrogen) atoms. The van der Waals surface area contributed by atoms with E-state index in [4.69, 9.17) is 4.74 Å². The van der Waals surface area contributed by atoms with Crippen LogP contribution in [0.15, 0.2) is 48.5 Å². The normalized spacial score (nSPS) is 15.1. The summed E-state index contributed by atoms with van der Waals surface area (Å²) in [7, 11) is 2.14. The molecule has 0 saturated carbocycles. The van der Waals surface area contributed by atoms with Crippen molar-refractivity contribution in [2.24, 2.45) is 0 Å². The zero-order chi connectivity index (χ0) is 11.7. The van der Waals surface area contributed by atoms with Crippen molar-refractivity contribution >= 4 is 0 Å². The van der Waals surface area contributed by atoms with Gasteiger partial charge < -0.3 is 4.74 Å². The van der Waals surface area contributed by atoms with Crippen molar-refractivity contribution in [1.82, 2.24) is 4.90 Å². The predicted molar refractivity (Wildman–Crippen MR) is 68.1 cm³/mol. The van der Waals surface area contributed by atoms with Gasteiger partial charge in [0.05, 0.1) is 0 Å². The van der Waals surface area contributed by atoms with Gasteiger partial charge in [0.1, 0.15) is 11.5 Å². The summed E-state index contributed by atoms with van der Waals surface area (Å²) in [6.45, 7) is 1.84. The first-order valence-corrected chi connectivity index (χ1v) is 5.85. The van der Waals surface area contributed by atoms with E-state index < -0.39 is 0 Å². The highest BCUT2D eigenvalue weighted by Gasteiger charge is 2.14. The smallest absolute Gasteiger partial charge is 0.131 e. The predicted octanol–water partition coefficient (Wildman–Crippen LogP) is 3.42. The first kappa shape index (κ1) is 10.4. The maximum atomic E-state index is 6.00. The molecule has 0 unspecified atom stereocenters. The summed E-state index contributed by atoms with van der Waals surface area (Å²) in [6.07, 6.45) is 0. The Bertz CT molecular complexity index is 488. The lowest BCUT2D eigenvalue weighted by Crippen LogP contribution is -2.19. The van der Waals surface area contributed by atoms with Crippen LogP contribution in [0.1, 0.15) is 11.1 Å². The maximum absolute atomic E-state index is 6.00. The Labute approximate surface area is 101 Å². The van der Waals surface area contributed by atoms with Crippen molar-refractivity contribution in [2.45, 2.75) is 13.1 Å². The molecule has 1 heterocycles. The topological polar surface area (TPSA) is 12.5 Å². The molecule has 0 saturated heterocycles. The average molecular weight is 225 g/mol. The molecule has 0 amide bonds. The molecule has 0 atom stereocenters. The van der Waals surface area contributed by atoms with Crippen molar-refractivity contribution in [3.63, 3.8) is 0 Å². The lowest BCUT2D eigenvalue weighted by atomic mass is 10.1. The molecule has 3 rings (SSSR count). The number of rotatable bonds is 0. The van der Waals surface area contributed by atoms with Crippen molar-refractivity contribution in [1.29, 1.82) is 0 Å². The molecule has 2 nitrogen and oxygen atoms in total. The fraction of sp³-hybridized carbons (Fsp3) is 0.200. The van der Waals surface area contributed by atoms with Crippen LogP contribution in [0.4, 0.5) is 0 Å². The molecular weight excluding hydrogens is 210 g/mol. The number of nitrogens with zero attached hydrogens (tertiary/aromatic N) is 1. The third-order valence-electron chi connectivity index (χ3n) is 3.05. The van der Waals surface area contributed by atoms with Crippen LogP contribution in [-0.2, 0) is 13.1 Å². The Morgan fingerprint density at radius 2 is 1.29 bits per heavy atom. The SMILES string of the molecule is CN1Cc2ccccc2Oc2ccccc2C1. The van der Waals surface area contributed by atoms with Crippen LogP contribution in [0.25, 0.3) is 0 Å². The standard InChI is InChI=1S/C15H15NO/c1-16-10-12-6-2-4-8-14(12)17-15-9-5-3-7-13(15)11-16/h2-9H,10-11H2,1H3. The van der Waals surface area contributed by atoms with E-state index >= 15 is 0 Å². The van der Waals surface area contributed by atoms with Gasteiger partial charge in [0.2, 0.25) is 0 Å². The van der Waals surface area contributed by atoms with E-state index in [1.54, 1.807) is 0 Å². The van der Waals surface area contributed by atoms with Crippen LogP contribution in [0, 0.1) is 0 Å². The highest BCUT2D eigenvalue weighted by molar-refractivity contribution is 5.42. The molecule has 0 aliphatic carbocycles. The fourth-order valence-corrected chi connectivity index (χ4v) is 2.22. The molecule has 1 aliphatic heterocycles. The van der Waals surface area contributed by atoms with Crippen LogP contribution < -0.4 is 4.74 Å². The van der Waals surface area contributed by atoms with Crippen molar-refractivity contribution in [3.05, 3.63) is 59.7 Å². The van der Waals surface area contributed by atoms with Crippen LogP contribution in [0.5, 0.6) is 11.5 Å². The highest BCUT2D eigenvalue weighted by Crippen LogP contribution is 2.31. The van der Waals surface area contributed by atoms with Gasteiger partial charge in [-0.15, -0.1) is 0 Å². The Morgan fingerprint density at radius 1 is 0.824 bits per heavy atom. The number of hydrogen-bond donors (Lipinski definition) is 0. The van der Waals surface area contributed by atoms with E-state index in [0.29, 0.717) is 0 Å². The molecule has 0 radical (unpaired) electrons. The minimum Gasteiger partial charge on any atom is -0.457 e. The number of fused-ring (bicyclic) bond motifs is 2. The highest BCUT2D eigenvalue weighted by atomic mass is 16.5. The van der Waals surface area contributed by atoms with Gasteiger partial charge in [0.15, 0.2) is 0 Å². The number of benzene rings is 2. The Morgan fingerprint density at radius 3 is 1.82 bits per heavy atom. The molecule has 2 aromatic carbocycles. The third kappa shape index (κ3) is 2.04. The summed E-state index contributed by atoms with van der Waals surface area (Å²) in [6, 6.07) is 16.5. The van der Waals surface area contributed by atoms with Crippen molar-refractivity contribution in [2.75, 3.05) is 7.05 Å². The molecule has 0 N–H and O–H groups in total. The fourth-order valence-electron chi connectivity index (χ4n) is 2.22. The molecule has 0 spiro atoms. The first-order chi connectivity index (χ1) is 8.33. The molecule has 0 bridgehead atoms. The Hall–Kier alpha value is -1.80. The maximum Gasteiger partial charge on any atom is 0.131 e. The minimum atomic E-state index is 0.921. The van der Waals surface area contributed by atoms with Gasteiger partial charge in [-0.2, -0.15) is 0 Å². The number of ether oxygens (including phenoxy) is 1. The van der Waals surface area contributed by atoms with Crippen LogP contribution >= 0.6 is 0 Å².